The number of anilines is 1. The van der Waals surface area contributed by atoms with E-state index >= 15 is 0 Å². The van der Waals surface area contributed by atoms with E-state index in [9.17, 15) is 8.42 Å². The molecule has 1 heterocycles. The van der Waals surface area contributed by atoms with Crippen LogP contribution >= 0.6 is 22.6 Å². The van der Waals surface area contributed by atoms with E-state index in [1.165, 1.54) is 12.4 Å². The van der Waals surface area contributed by atoms with Gasteiger partial charge in [-0.25, -0.2) is 0 Å². The molecule has 0 fully saturated rings. The Labute approximate surface area is 113 Å². The van der Waals surface area contributed by atoms with Crippen LogP contribution in [0.5, 0.6) is 0 Å². The highest BCUT2D eigenvalue weighted by Crippen LogP contribution is 2.19. The number of hydrazone groups is 1. The van der Waals surface area contributed by atoms with Crippen LogP contribution in [0.2, 0.25) is 0 Å². The van der Waals surface area contributed by atoms with Crippen molar-refractivity contribution >= 4 is 44.7 Å². The van der Waals surface area contributed by atoms with Crippen molar-refractivity contribution in [3.8, 4) is 0 Å². The van der Waals surface area contributed by atoms with Gasteiger partial charge < -0.3 is 0 Å². The van der Waals surface area contributed by atoms with E-state index in [0.29, 0.717) is 5.69 Å². The molecule has 1 aromatic carbocycles. The van der Waals surface area contributed by atoms with Crippen LogP contribution in [0, 0.1) is 3.57 Å². The molecule has 2 rings (SSSR count). The summed E-state index contributed by atoms with van der Waals surface area (Å²) in [6, 6.07) is 7.08. The molecule has 1 aliphatic rings. The topological polar surface area (TPSA) is 73.8 Å². The van der Waals surface area contributed by atoms with Gasteiger partial charge in [0.05, 0.1) is 11.9 Å². The fourth-order valence-electron chi connectivity index (χ4n) is 1.14. The zero-order chi connectivity index (χ0) is 12.3. The summed E-state index contributed by atoms with van der Waals surface area (Å²) in [7, 11) is -3.74. The summed E-state index contributed by atoms with van der Waals surface area (Å²) in [5.41, 5.74) is 3.01. The summed E-state index contributed by atoms with van der Waals surface area (Å²) in [6.07, 6.45) is 4.45. The second kappa shape index (κ2) is 4.92. The number of hydrogen-bond donors (Lipinski definition) is 2. The van der Waals surface area contributed by atoms with Crippen LogP contribution in [0.3, 0.4) is 0 Å². The number of rotatable bonds is 3. The molecule has 0 spiro atoms. The predicted molar refractivity (Wildman–Crippen MR) is 74.3 cm³/mol. The first-order valence-corrected chi connectivity index (χ1v) is 7.14. The molecule has 8 heteroatoms. The second-order valence-corrected chi connectivity index (χ2v) is 5.74. The van der Waals surface area contributed by atoms with Crippen molar-refractivity contribution in [3.05, 3.63) is 40.1 Å². The van der Waals surface area contributed by atoms with Gasteiger partial charge in [-0.3, -0.25) is 10.1 Å². The average Bonchev–Trinajstić information content (AvgIpc) is 2.33. The Bertz CT molecular complexity index is 570. The molecule has 0 radical (unpaired) electrons. The highest BCUT2D eigenvalue weighted by molar-refractivity contribution is 14.1. The summed E-state index contributed by atoms with van der Waals surface area (Å²) in [6.45, 7) is 0. The van der Waals surface area contributed by atoms with E-state index in [1.54, 1.807) is 18.2 Å². The van der Waals surface area contributed by atoms with Gasteiger partial charge >= 0.3 is 10.2 Å². The van der Waals surface area contributed by atoms with E-state index in [2.05, 4.69) is 37.8 Å². The summed E-state index contributed by atoms with van der Waals surface area (Å²) >= 11 is 2.05. The normalized spacial score (nSPS) is 14.5. The van der Waals surface area contributed by atoms with Gasteiger partial charge in [0, 0.05) is 9.77 Å². The van der Waals surface area contributed by atoms with Crippen LogP contribution in [0.25, 0.3) is 0 Å². The third-order valence-electron chi connectivity index (χ3n) is 1.88. The molecular formula is C9H9IN4O2S. The van der Waals surface area contributed by atoms with Crippen molar-refractivity contribution in [1.29, 1.82) is 0 Å². The van der Waals surface area contributed by atoms with Gasteiger partial charge in [0.2, 0.25) is 0 Å². The molecule has 2 N–H and O–H groups in total. The first-order chi connectivity index (χ1) is 8.09. The molecule has 0 saturated heterocycles. The number of halogens is 1. The number of hydrogen-bond acceptors (Lipinski definition) is 4. The lowest BCUT2D eigenvalue weighted by Crippen LogP contribution is -2.40. The van der Waals surface area contributed by atoms with Crippen molar-refractivity contribution in [1.82, 2.24) is 9.95 Å². The molecule has 6 nitrogen and oxygen atoms in total. The minimum Gasteiger partial charge on any atom is -0.274 e. The zero-order valence-electron chi connectivity index (χ0n) is 8.54. The molecule has 90 valence electrons. The maximum Gasteiger partial charge on any atom is 0.357 e. The maximum absolute atomic E-state index is 11.9. The predicted octanol–water partition coefficient (Wildman–Crippen LogP) is 1.27. The molecular weight excluding hydrogens is 355 g/mol. The molecule has 1 aliphatic heterocycles. The van der Waals surface area contributed by atoms with Gasteiger partial charge in [0.1, 0.15) is 0 Å². The molecule has 0 saturated carbocycles. The van der Waals surface area contributed by atoms with Gasteiger partial charge in [-0.05, 0) is 40.8 Å². The van der Waals surface area contributed by atoms with Gasteiger partial charge in [-0.1, -0.05) is 16.7 Å². The van der Waals surface area contributed by atoms with Crippen molar-refractivity contribution in [2.75, 3.05) is 4.72 Å². The average molecular weight is 364 g/mol. The monoisotopic (exact) mass is 364 g/mol. The Kier molecular flexibility index (Phi) is 3.52. The van der Waals surface area contributed by atoms with E-state index in [1.807, 2.05) is 12.1 Å². The van der Waals surface area contributed by atoms with E-state index in [-0.39, 0.29) is 0 Å². The minimum absolute atomic E-state index is 0.514. The van der Waals surface area contributed by atoms with Crippen LogP contribution in [-0.4, -0.2) is 19.2 Å². The summed E-state index contributed by atoms with van der Waals surface area (Å²) in [5.74, 6) is 0. The smallest absolute Gasteiger partial charge is 0.274 e. The second-order valence-electron chi connectivity index (χ2n) is 3.08. The SMILES string of the molecule is O=S(=O)(Nc1ccccc1I)N1N=CC=CN1. The van der Waals surface area contributed by atoms with Crippen molar-refractivity contribution < 1.29 is 8.42 Å². The Morgan fingerprint density at radius 2 is 2.12 bits per heavy atom. The third kappa shape index (κ3) is 2.88. The highest BCUT2D eigenvalue weighted by Gasteiger charge is 2.20. The summed E-state index contributed by atoms with van der Waals surface area (Å²) in [5, 5.41) is 3.68. The molecule has 0 aliphatic carbocycles. The number of benzene rings is 1. The summed E-state index contributed by atoms with van der Waals surface area (Å²) in [4.78, 5) is 0. The van der Waals surface area contributed by atoms with Gasteiger partial charge in [0.25, 0.3) is 0 Å². The fourth-order valence-corrected chi connectivity index (χ4v) is 2.77. The molecule has 0 amide bonds. The van der Waals surface area contributed by atoms with Crippen LogP contribution in [0.4, 0.5) is 5.69 Å². The quantitative estimate of drug-likeness (QED) is 0.794. The van der Waals surface area contributed by atoms with Crippen molar-refractivity contribution in [2.45, 2.75) is 0 Å². The lowest BCUT2D eigenvalue weighted by atomic mass is 10.3. The largest absolute Gasteiger partial charge is 0.357 e. The lowest BCUT2D eigenvalue weighted by molar-refractivity contribution is 0.380. The molecule has 0 atom stereocenters. The van der Waals surface area contributed by atoms with E-state index in [4.69, 9.17) is 0 Å². The zero-order valence-corrected chi connectivity index (χ0v) is 11.5. The lowest BCUT2D eigenvalue weighted by Gasteiger charge is -2.20. The van der Waals surface area contributed by atoms with Crippen LogP contribution < -0.4 is 10.1 Å². The fraction of sp³-hybridized carbons (Fsp3) is 0. The maximum atomic E-state index is 11.9. The molecule has 1 aromatic rings. The molecule has 17 heavy (non-hydrogen) atoms. The van der Waals surface area contributed by atoms with Gasteiger partial charge in [-0.2, -0.15) is 8.42 Å². The first kappa shape index (κ1) is 12.2. The van der Waals surface area contributed by atoms with Crippen LogP contribution in [0.15, 0.2) is 41.6 Å². The Hall–Kier alpha value is -1.29. The van der Waals surface area contributed by atoms with Gasteiger partial charge in [-0.15, -0.1) is 5.10 Å². The Morgan fingerprint density at radius 1 is 1.35 bits per heavy atom. The van der Waals surface area contributed by atoms with E-state index in [0.717, 1.165) is 8.09 Å². The summed E-state index contributed by atoms with van der Waals surface area (Å²) < 4.78 is 27.8. The standard InChI is InChI=1S/C9H9IN4O2S/c10-8-4-1-2-5-9(8)13-17(15,16)14-11-6-3-7-12-14/h1-7,11,13H. The minimum atomic E-state index is -3.74. The third-order valence-corrected chi connectivity index (χ3v) is 3.95. The molecule has 0 bridgehead atoms. The van der Waals surface area contributed by atoms with Crippen molar-refractivity contribution in [3.63, 3.8) is 0 Å². The highest BCUT2D eigenvalue weighted by atomic mass is 127. The first-order valence-electron chi connectivity index (χ1n) is 4.62. The Balaban J connectivity index is 2.21. The molecule has 0 unspecified atom stereocenters. The number of hydrazine groups is 1. The number of nitrogens with zero attached hydrogens (tertiary/aromatic N) is 2. The van der Waals surface area contributed by atoms with Crippen LogP contribution in [0.1, 0.15) is 0 Å². The Morgan fingerprint density at radius 3 is 2.76 bits per heavy atom. The number of para-hydroxylation sites is 1. The van der Waals surface area contributed by atoms with E-state index < -0.39 is 10.2 Å². The van der Waals surface area contributed by atoms with Crippen molar-refractivity contribution in [2.24, 2.45) is 5.10 Å². The van der Waals surface area contributed by atoms with Gasteiger partial charge in [0.15, 0.2) is 0 Å². The molecule has 0 aromatic heterocycles. The number of nitrogens with one attached hydrogen (secondary N) is 2. The number of allylic oxidation sites excluding steroid dienone is 1. The van der Waals surface area contributed by atoms with Crippen LogP contribution in [-0.2, 0) is 10.2 Å².